The van der Waals surface area contributed by atoms with E-state index in [0.717, 1.165) is 5.56 Å². The number of ether oxygens (including phenoxy) is 2. The zero-order valence-corrected chi connectivity index (χ0v) is 10.9. The molecule has 0 aliphatic carbocycles. The smallest absolute Gasteiger partial charge is 0.357 e. The van der Waals surface area contributed by atoms with Gasteiger partial charge in [-0.05, 0) is 18.6 Å². The van der Waals surface area contributed by atoms with Gasteiger partial charge in [0.15, 0.2) is 5.69 Å². The lowest BCUT2D eigenvalue weighted by atomic mass is 10.2. The van der Waals surface area contributed by atoms with E-state index in [1.807, 2.05) is 31.2 Å². The van der Waals surface area contributed by atoms with E-state index in [2.05, 4.69) is 4.98 Å². The number of methoxy groups -OCH3 is 1. The van der Waals surface area contributed by atoms with Crippen LogP contribution < -0.4 is 4.74 Å². The number of hydrogen-bond donors (Lipinski definition) is 0. The second-order valence-corrected chi connectivity index (χ2v) is 4.13. The minimum atomic E-state index is -0.459. The third-order valence-electron chi connectivity index (χ3n) is 2.63. The van der Waals surface area contributed by atoms with Crippen LogP contribution in [-0.2, 0) is 11.3 Å². The minimum Gasteiger partial charge on any atom is -0.481 e. The van der Waals surface area contributed by atoms with Gasteiger partial charge in [0.2, 0.25) is 5.88 Å². The fourth-order valence-corrected chi connectivity index (χ4v) is 1.55. The predicted molar refractivity (Wildman–Crippen MR) is 71.1 cm³/mol. The molecule has 1 aromatic carbocycles. The molecule has 0 radical (unpaired) electrons. The van der Waals surface area contributed by atoms with Gasteiger partial charge in [0.1, 0.15) is 6.61 Å². The normalized spacial score (nSPS) is 10.0. The van der Waals surface area contributed by atoms with Crippen LogP contribution in [0.4, 0.5) is 0 Å². The van der Waals surface area contributed by atoms with Gasteiger partial charge in [-0.3, -0.25) is 0 Å². The number of rotatable bonds is 4. The fraction of sp³-hybridized carbons (Fsp3) is 0.200. The van der Waals surface area contributed by atoms with Crippen LogP contribution in [0.1, 0.15) is 21.6 Å². The topological polar surface area (TPSA) is 48.4 Å². The molecule has 4 nitrogen and oxygen atoms in total. The molecule has 0 aliphatic rings. The quantitative estimate of drug-likeness (QED) is 0.790. The molecule has 0 N–H and O–H groups in total. The Labute approximate surface area is 112 Å². The molecule has 0 fully saturated rings. The van der Waals surface area contributed by atoms with Gasteiger partial charge in [-0.1, -0.05) is 35.9 Å². The molecule has 98 valence electrons. The molecule has 0 bridgehead atoms. The van der Waals surface area contributed by atoms with Crippen molar-refractivity contribution in [3.05, 3.63) is 59.3 Å². The van der Waals surface area contributed by atoms with Crippen molar-refractivity contribution in [2.24, 2.45) is 0 Å². The molecule has 1 heterocycles. The Hall–Kier alpha value is -2.36. The highest BCUT2D eigenvalue weighted by molar-refractivity contribution is 5.87. The number of hydrogen-bond acceptors (Lipinski definition) is 4. The van der Waals surface area contributed by atoms with E-state index in [4.69, 9.17) is 9.47 Å². The molecule has 0 spiro atoms. The molecule has 0 saturated carbocycles. The van der Waals surface area contributed by atoms with E-state index >= 15 is 0 Å². The Morgan fingerprint density at radius 2 is 1.89 bits per heavy atom. The number of pyridine rings is 1. The number of carbonyl (C=O) groups is 1. The molecule has 0 amide bonds. The summed E-state index contributed by atoms with van der Waals surface area (Å²) < 4.78 is 10.2. The van der Waals surface area contributed by atoms with Crippen LogP contribution in [0.15, 0.2) is 42.5 Å². The average Bonchev–Trinajstić information content (AvgIpc) is 2.46. The first-order valence-corrected chi connectivity index (χ1v) is 5.93. The van der Waals surface area contributed by atoms with E-state index in [1.54, 1.807) is 18.2 Å². The summed E-state index contributed by atoms with van der Waals surface area (Å²) in [6.45, 7) is 2.24. The summed E-state index contributed by atoms with van der Waals surface area (Å²) in [6.07, 6.45) is 0. The number of aromatic nitrogens is 1. The highest BCUT2D eigenvalue weighted by Gasteiger charge is 2.09. The lowest BCUT2D eigenvalue weighted by Gasteiger charge is -2.05. The number of carbonyl (C=O) groups excluding carboxylic acids is 1. The zero-order chi connectivity index (χ0) is 13.7. The lowest BCUT2D eigenvalue weighted by molar-refractivity contribution is 0.0465. The van der Waals surface area contributed by atoms with Gasteiger partial charge in [0.25, 0.3) is 0 Å². The monoisotopic (exact) mass is 257 g/mol. The molecule has 2 aromatic rings. The SMILES string of the molecule is COc1cccc(C(=O)OCc2ccc(C)cc2)n1. The molecule has 19 heavy (non-hydrogen) atoms. The van der Waals surface area contributed by atoms with Crippen molar-refractivity contribution in [3.8, 4) is 5.88 Å². The number of aryl methyl sites for hydroxylation is 1. The zero-order valence-electron chi connectivity index (χ0n) is 10.9. The maximum Gasteiger partial charge on any atom is 0.357 e. The molecule has 0 unspecified atom stereocenters. The van der Waals surface area contributed by atoms with E-state index in [0.29, 0.717) is 5.88 Å². The molecular weight excluding hydrogens is 242 g/mol. The summed E-state index contributed by atoms with van der Waals surface area (Å²) in [6, 6.07) is 12.8. The van der Waals surface area contributed by atoms with Crippen LogP contribution in [0.3, 0.4) is 0 Å². The van der Waals surface area contributed by atoms with Crippen LogP contribution >= 0.6 is 0 Å². The van der Waals surface area contributed by atoms with Gasteiger partial charge in [-0.25, -0.2) is 9.78 Å². The van der Waals surface area contributed by atoms with Crippen molar-refractivity contribution >= 4 is 5.97 Å². The van der Waals surface area contributed by atoms with Gasteiger partial charge in [-0.2, -0.15) is 0 Å². The Morgan fingerprint density at radius 1 is 1.16 bits per heavy atom. The first-order valence-electron chi connectivity index (χ1n) is 5.93. The maximum atomic E-state index is 11.8. The van der Waals surface area contributed by atoms with Crippen molar-refractivity contribution in [3.63, 3.8) is 0 Å². The van der Waals surface area contributed by atoms with Crippen LogP contribution in [0.2, 0.25) is 0 Å². The highest BCUT2D eigenvalue weighted by atomic mass is 16.5. The number of benzene rings is 1. The fourth-order valence-electron chi connectivity index (χ4n) is 1.55. The lowest BCUT2D eigenvalue weighted by Crippen LogP contribution is -2.07. The summed E-state index contributed by atoms with van der Waals surface area (Å²) in [5.41, 5.74) is 2.36. The summed E-state index contributed by atoms with van der Waals surface area (Å²) in [7, 11) is 1.50. The Balaban J connectivity index is 1.99. The van der Waals surface area contributed by atoms with Crippen LogP contribution in [0.25, 0.3) is 0 Å². The third kappa shape index (κ3) is 3.55. The maximum absolute atomic E-state index is 11.8. The van der Waals surface area contributed by atoms with E-state index in [1.165, 1.54) is 12.7 Å². The highest BCUT2D eigenvalue weighted by Crippen LogP contribution is 2.10. The summed E-state index contributed by atoms with van der Waals surface area (Å²) >= 11 is 0. The van der Waals surface area contributed by atoms with Crippen molar-refractivity contribution in [1.82, 2.24) is 4.98 Å². The van der Waals surface area contributed by atoms with Gasteiger partial charge < -0.3 is 9.47 Å². The van der Waals surface area contributed by atoms with Gasteiger partial charge >= 0.3 is 5.97 Å². The second-order valence-electron chi connectivity index (χ2n) is 4.13. The summed E-state index contributed by atoms with van der Waals surface area (Å²) in [5.74, 6) is -0.0655. The van der Waals surface area contributed by atoms with Crippen molar-refractivity contribution in [2.45, 2.75) is 13.5 Å². The minimum absolute atomic E-state index is 0.234. The van der Waals surface area contributed by atoms with Crippen molar-refractivity contribution < 1.29 is 14.3 Å². The van der Waals surface area contributed by atoms with Gasteiger partial charge in [-0.15, -0.1) is 0 Å². The number of nitrogens with zero attached hydrogens (tertiary/aromatic N) is 1. The predicted octanol–water partition coefficient (Wildman–Crippen LogP) is 2.76. The molecule has 0 atom stereocenters. The summed E-state index contributed by atoms with van der Waals surface area (Å²) in [4.78, 5) is 15.8. The number of esters is 1. The van der Waals surface area contributed by atoms with Crippen molar-refractivity contribution in [1.29, 1.82) is 0 Å². The molecular formula is C15H15NO3. The molecule has 4 heteroatoms. The van der Waals surface area contributed by atoms with Crippen LogP contribution in [-0.4, -0.2) is 18.1 Å². The average molecular weight is 257 g/mol. The van der Waals surface area contributed by atoms with Crippen molar-refractivity contribution in [2.75, 3.05) is 7.11 Å². The Kier molecular flexibility index (Phi) is 4.13. The first-order chi connectivity index (χ1) is 9.19. The van der Waals surface area contributed by atoms with E-state index in [-0.39, 0.29) is 12.3 Å². The molecule has 0 saturated heterocycles. The van der Waals surface area contributed by atoms with E-state index in [9.17, 15) is 4.79 Å². The first kappa shape index (κ1) is 13.1. The third-order valence-corrected chi connectivity index (χ3v) is 2.63. The standard InChI is InChI=1S/C15H15NO3/c1-11-6-8-12(9-7-11)10-19-15(17)13-4-3-5-14(16-13)18-2/h3-9H,10H2,1-2H3. The Bertz CT molecular complexity index is 564. The second kappa shape index (κ2) is 6.00. The molecule has 1 aromatic heterocycles. The van der Waals surface area contributed by atoms with Gasteiger partial charge in [0.05, 0.1) is 7.11 Å². The largest absolute Gasteiger partial charge is 0.481 e. The van der Waals surface area contributed by atoms with Gasteiger partial charge in [0, 0.05) is 6.07 Å². The molecule has 0 aliphatic heterocycles. The Morgan fingerprint density at radius 3 is 2.58 bits per heavy atom. The van der Waals surface area contributed by atoms with E-state index < -0.39 is 5.97 Å². The summed E-state index contributed by atoms with van der Waals surface area (Å²) in [5, 5.41) is 0. The molecule has 2 rings (SSSR count). The van der Waals surface area contributed by atoms with Crippen LogP contribution in [0.5, 0.6) is 5.88 Å². The van der Waals surface area contributed by atoms with Crippen LogP contribution in [0, 0.1) is 6.92 Å².